The summed E-state index contributed by atoms with van der Waals surface area (Å²) in [4.78, 5) is 16.5. The third-order valence-corrected chi connectivity index (χ3v) is 3.88. The molecule has 0 fully saturated rings. The van der Waals surface area contributed by atoms with Crippen molar-refractivity contribution < 1.29 is 4.79 Å². The fourth-order valence-corrected chi connectivity index (χ4v) is 2.79. The molecule has 116 valence electrons. The van der Waals surface area contributed by atoms with Gasteiger partial charge in [0.1, 0.15) is 0 Å². The van der Waals surface area contributed by atoms with E-state index in [0.717, 1.165) is 28.5 Å². The van der Waals surface area contributed by atoms with Crippen LogP contribution in [0.4, 0.5) is 5.69 Å². The number of carbonyl (C=O) groups is 1. The highest BCUT2D eigenvalue weighted by molar-refractivity contribution is 6.31. The summed E-state index contributed by atoms with van der Waals surface area (Å²) < 4.78 is 0. The molecule has 23 heavy (non-hydrogen) atoms. The fourth-order valence-electron chi connectivity index (χ4n) is 2.62. The lowest BCUT2D eigenvalue weighted by molar-refractivity contribution is -0.116. The molecule has 0 aliphatic carbocycles. The normalized spacial score (nSPS) is 10.7. The summed E-state index contributed by atoms with van der Waals surface area (Å²) in [7, 11) is 0. The van der Waals surface area contributed by atoms with Crippen molar-refractivity contribution in [1.29, 1.82) is 0 Å². The molecule has 0 aliphatic heterocycles. The maximum Gasteiger partial charge on any atom is 0.224 e. The van der Waals surface area contributed by atoms with Crippen LogP contribution in [0.2, 0.25) is 5.02 Å². The Kier molecular flexibility index (Phi) is 4.58. The van der Waals surface area contributed by atoms with Gasteiger partial charge >= 0.3 is 0 Å². The van der Waals surface area contributed by atoms with Gasteiger partial charge in [-0.25, -0.2) is 0 Å². The Morgan fingerprint density at radius 3 is 2.70 bits per heavy atom. The fraction of sp³-hybridized carbons (Fsp3) is 0.158. The Morgan fingerprint density at radius 2 is 1.96 bits per heavy atom. The minimum atomic E-state index is -0.00661. The predicted octanol–water partition coefficient (Wildman–Crippen LogP) is 5.29. The molecule has 0 atom stereocenters. The van der Waals surface area contributed by atoms with Crippen LogP contribution in [-0.2, 0) is 4.79 Å². The summed E-state index contributed by atoms with van der Waals surface area (Å²) in [5.41, 5.74) is 3.53. The van der Waals surface area contributed by atoms with E-state index in [1.54, 1.807) is 6.20 Å². The van der Waals surface area contributed by atoms with Gasteiger partial charge < -0.3 is 5.32 Å². The van der Waals surface area contributed by atoms with E-state index in [1.165, 1.54) is 0 Å². The second kappa shape index (κ2) is 6.80. The van der Waals surface area contributed by atoms with Crippen LogP contribution in [0.1, 0.15) is 19.8 Å². The average molecular weight is 325 g/mol. The zero-order valence-corrected chi connectivity index (χ0v) is 13.6. The smallest absolute Gasteiger partial charge is 0.224 e. The summed E-state index contributed by atoms with van der Waals surface area (Å²) in [6.07, 6.45) is 3.01. The molecule has 0 aliphatic rings. The Morgan fingerprint density at radius 1 is 1.17 bits per heavy atom. The van der Waals surface area contributed by atoms with Crippen LogP contribution in [0.15, 0.2) is 54.7 Å². The Hall–Kier alpha value is -2.39. The largest absolute Gasteiger partial charge is 0.324 e. The molecule has 2 aromatic carbocycles. The first-order chi connectivity index (χ1) is 11.2. The number of nitrogens with zero attached hydrogens (tertiary/aromatic N) is 1. The van der Waals surface area contributed by atoms with E-state index < -0.39 is 0 Å². The van der Waals surface area contributed by atoms with Crippen molar-refractivity contribution in [3.05, 3.63) is 59.8 Å². The van der Waals surface area contributed by atoms with E-state index in [9.17, 15) is 4.79 Å². The van der Waals surface area contributed by atoms with Gasteiger partial charge in [0.15, 0.2) is 0 Å². The Balaban J connectivity index is 2.21. The summed E-state index contributed by atoms with van der Waals surface area (Å²) in [6, 6.07) is 15.6. The zero-order chi connectivity index (χ0) is 16.2. The standard InChI is InChI=1S/C19H17ClN2O/c1-2-6-18(23)22-17-12-21-16-10-9-14(20)11-15(16)19(17)13-7-4-3-5-8-13/h3-5,7-12H,2,6H2,1H3,(H,22,23). The zero-order valence-electron chi connectivity index (χ0n) is 12.8. The molecule has 0 radical (unpaired) electrons. The topological polar surface area (TPSA) is 42.0 Å². The molecule has 3 nitrogen and oxygen atoms in total. The van der Waals surface area contributed by atoms with Crippen LogP contribution in [0, 0.1) is 0 Å². The van der Waals surface area contributed by atoms with Crippen molar-refractivity contribution in [3.63, 3.8) is 0 Å². The molecule has 0 saturated heterocycles. The summed E-state index contributed by atoms with van der Waals surface area (Å²) >= 11 is 6.17. The molecule has 1 aromatic heterocycles. The highest BCUT2D eigenvalue weighted by Crippen LogP contribution is 2.35. The number of nitrogens with one attached hydrogen (secondary N) is 1. The molecule has 3 aromatic rings. The minimum absolute atomic E-state index is 0.00661. The SMILES string of the molecule is CCCC(=O)Nc1cnc2ccc(Cl)cc2c1-c1ccccc1. The highest BCUT2D eigenvalue weighted by atomic mass is 35.5. The first kappa shape index (κ1) is 15.5. The van der Waals surface area contributed by atoms with Crippen molar-refractivity contribution >= 4 is 34.1 Å². The van der Waals surface area contributed by atoms with E-state index >= 15 is 0 Å². The second-order valence-electron chi connectivity index (χ2n) is 5.37. The second-order valence-corrected chi connectivity index (χ2v) is 5.81. The molecule has 1 heterocycles. The molecule has 3 rings (SSSR count). The van der Waals surface area contributed by atoms with Crippen LogP contribution < -0.4 is 5.32 Å². The number of anilines is 1. The van der Waals surface area contributed by atoms with E-state index in [4.69, 9.17) is 11.6 Å². The van der Waals surface area contributed by atoms with Crippen molar-refractivity contribution in [3.8, 4) is 11.1 Å². The van der Waals surface area contributed by atoms with Crippen LogP contribution in [0.3, 0.4) is 0 Å². The van der Waals surface area contributed by atoms with E-state index in [-0.39, 0.29) is 5.91 Å². The monoisotopic (exact) mass is 324 g/mol. The lowest BCUT2D eigenvalue weighted by Gasteiger charge is -2.14. The number of aromatic nitrogens is 1. The first-order valence-electron chi connectivity index (χ1n) is 7.62. The minimum Gasteiger partial charge on any atom is -0.324 e. The number of amides is 1. The molecule has 0 spiro atoms. The molecule has 0 unspecified atom stereocenters. The number of halogens is 1. The van der Waals surface area contributed by atoms with Gasteiger partial charge in [-0.1, -0.05) is 48.9 Å². The number of hydrogen-bond acceptors (Lipinski definition) is 2. The van der Waals surface area contributed by atoms with Crippen molar-refractivity contribution in [2.24, 2.45) is 0 Å². The number of carbonyl (C=O) groups excluding carboxylic acids is 1. The Labute approximate surface area is 140 Å². The van der Waals surface area contributed by atoms with Crippen LogP contribution in [0.25, 0.3) is 22.0 Å². The van der Waals surface area contributed by atoms with Gasteiger partial charge in [-0.05, 0) is 30.2 Å². The van der Waals surface area contributed by atoms with Crippen LogP contribution in [0.5, 0.6) is 0 Å². The van der Waals surface area contributed by atoms with Crippen molar-refractivity contribution in [2.45, 2.75) is 19.8 Å². The van der Waals surface area contributed by atoms with E-state index in [1.807, 2.05) is 55.5 Å². The molecule has 1 N–H and O–H groups in total. The van der Waals surface area contributed by atoms with Crippen molar-refractivity contribution in [2.75, 3.05) is 5.32 Å². The number of benzene rings is 2. The molecule has 0 saturated carbocycles. The maximum atomic E-state index is 12.0. The van der Waals surface area contributed by atoms with Gasteiger partial charge in [0.05, 0.1) is 17.4 Å². The van der Waals surface area contributed by atoms with Gasteiger partial charge in [0.2, 0.25) is 5.91 Å². The third-order valence-electron chi connectivity index (χ3n) is 3.64. The van der Waals surface area contributed by atoms with Gasteiger partial charge in [0, 0.05) is 22.4 Å². The first-order valence-corrected chi connectivity index (χ1v) is 8.00. The number of fused-ring (bicyclic) bond motifs is 1. The van der Waals surface area contributed by atoms with E-state index in [2.05, 4.69) is 10.3 Å². The lowest BCUT2D eigenvalue weighted by Crippen LogP contribution is -2.12. The molecular formula is C19H17ClN2O. The lowest BCUT2D eigenvalue weighted by atomic mass is 9.99. The molecular weight excluding hydrogens is 308 g/mol. The summed E-state index contributed by atoms with van der Waals surface area (Å²) in [6.45, 7) is 1.98. The van der Waals surface area contributed by atoms with Crippen LogP contribution in [-0.4, -0.2) is 10.9 Å². The number of pyridine rings is 1. The predicted molar refractivity (Wildman–Crippen MR) is 95.7 cm³/mol. The summed E-state index contributed by atoms with van der Waals surface area (Å²) in [5, 5.41) is 4.55. The third kappa shape index (κ3) is 3.35. The van der Waals surface area contributed by atoms with Gasteiger partial charge in [-0.15, -0.1) is 0 Å². The molecule has 4 heteroatoms. The van der Waals surface area contributed by atoms with E-state index in [0.29, 0.717) is 17.1 Å². The van der Waals surface area contributed by atoms with Gasteiger partial charge in [0.25, 0.3) is 0 Å². The number of hydrogen-bond donors (Lipinski definition) is 1. The number of rotatable bonds is 4. The molecule has 0 bridgehead atoms. The highest BCUT2D eigenvalue weighted by Gasteiger charge is 2.13. The van der Waals surface area contributed by atoms with Gasteiger partial charge in [-0.3, -0.25) is 9.78 Å². The van der Waals surface area contributed by atoms with Crippen molar-refractivity contribution in [1.82, 2.24) is 4.98 Å². The summed E-state index contributed by atoms with van der Waals surface area (Å²) in [5.74, 6) is -0.00661. The van der Waals surface area contributed by atoms with Gasteiger partial charge in [-0.2, -0.15) is 0 Å². The average Bonchev–Trinajstić information content (AvgIpc) is 2.55. The quantitative estimate of drug-likeness (QED) is 0.708. The van der Waals surface area contributed by atoms with Crippen LogP contribution >= 0.6 is 11.6 Å². The molecule has 1 amide bonds. The maximum absolute atomic E-state index is 12.0. The Bertz CT molecular complexity index is 847.